The number of benzene rings is 2. The van der Waals surface area contributed by atoms with E-state index in [1.54, 1.807) is 24.1 Å². The lowest BCUT2D eigenvalue weighted by Gasteiger charge is -2.32. The third-order valence-corrected chi connectivity index (χ3v) is 7.77. The summed E-state index contributed by atoms with van der Waals surface area (Å²) in [5, 5.41) is 2.98. The van der Waals surface area contributed by atoms with Crippen molar-refractivity contribution in [1.82, 2.24) is 10.2 Å². The second kappa shape index (κ2) is 7.80. The molecule has 0 bridgehead atoms. The van der Waals surface area contributed by atoms with Gasteiger partial charge in [-0.05, 0) is 68.1 Å². The van der Waals surface area contributed by atoms with E-state index in [1.165, 1.54) is 4.31 Å². The largest absolute Gasteiger partial charge is 0.337 e. The normalized spacial score (nSPS) is 17.4. The van der Waals surface area contributed by atoms with Crippen molar-refractivity contribution in [1.29, 1.82) is 0 Å². The van der Waals surface area contributed by atoms with Crippen molar-refractivity contribution in [2.75, 3.05) is 24.4 Å². The van der Waals surface area contributed by atoms with Gasteiger partial charge in [0.05, 0.1) is 16.6 Å². The molecule has 29 heavy (non-hydrogen) atoms. The van der Waals surface area contributed by atoms with Gasteiger partial charge in [0.1, 0.15) is 0 Å². The van der Waals surface area contributed by atoms with Crippen molar-refractivity contribution < 1.29 is 13.2 Å². The van der Waals surface area contributed by atoms with Crippen molar-refractivity contribution in [2.24, 2.45) is 0 Å². The molecule has 4 rings (SSSR count). The summed E-state index contributed by atoms with van der Waals surface area (Å²) in [5.74, 6) is 0.0383. The smallest absolute Gasteiger partial charge is 0.264 e. The average Bonchev–Trinajstić information content (AvgIpc) is 2.76. The molecule has 1 atom stereocenters. The van der Waals surface area contributed by atoms with Crippen molar-refractivity contribution in [2.45, 2.75) is 43.7 Å². The maximum atomic E-state index is 13.4. The van der Waals surface area contributed by atoms with Gasteiger partial charge in [-0.1, -0.05) is 24.3 Å². The monoisotopic (exact) mass is 413 g/mol. The highest BCUT2D eigenvalue weighted by Gasteiger charge is 2.30. The zero-order valence-corrected chi connectivity index (χ0v) is 17.7. The molecular weight excluding hydrogens is 386 g/mol. The molecule has 1 amide bonds. The number of likely N-dealkylation sites (N-methyl/N-ethyl adjacent to an activating group) is 1. The minimum Gasteiger partial charge on any atom is -0.337 e. The molecule has 0 saturated heterocycles. The van der Waals surface area contributed by atoms with E-state index in [9.17, 15) is 13.2 Å². The van der Waals surface area contributed by atoms with Crippen molar-refractivity contribution >= 4 is 21.6 Å². The molecule has 0 unspecified atom stereocenters. The van der Waals surface area contributed by atoms with Crippen LogP contribution in [0.2, 0.25) is 0 Å². The first-order valence-electron chi connectivity index (χ1n) is 10.1. The molecule has 154 valence electrons. The van der Waals surface area contributed by atoms with Gasteiger partial charge >= 0.3 is 0 Å². The topological polar surface area (TPSA) is 69.7 Å². The summed E-state index contributed by atoms with van der Waals surface area (Å²) in [6.45, 7) is 3.43. The Morgan fingerprint density at radius 1 is 1.03 bits per heavy atom. The van der Waals surface area contributed by atoms with Gasteiger partial charge in [-0.15, -0.1) is 0 Å². The summed E-state index contributed by atoms with van der Waals surface area (Å²) in [7, 11) is -1.88. The Morgan fingerprint density at radius 3 is 2.62 bits per heavy atom. The number of para-hydroxylation sites is 1. The summed E-state index contributed by atoms with van der Waals surface area (Å²) < 4.78 is 28.4. The van der Waals surface area contributed by atoms with E-state index in [2.05, 4.69) is 5.32 Å². The number of anilines is 1. The van der Waals surface area contributed by atoms with Crippen LogP contribution in [-0.2, 0) is 34.2 Å². The SMILES string of the molecule is CN[C@@H](C)C(=O)N1CCc2ccc(S(=O)(=O)N3CCCc4ccccc43)cc2C1. The Hall–Kier alpha value is -2.38. The number of amides is 1. The van der Waals surface area contributed by atoms with E-state index in [0.29, 0.717) is 24.5 Å². The minimum atomic E-state index is -3.65. The fraction of sp³-hybridized carbons (Fsp3) is 0.409. The molecular formula is C22H27N3O3S. The Morgan fingerprint density at radius 2 is 1.83 bits per heavy atom. The zero-order chi connectivity index (χ0) is 20.6. The zero-order valence-electron chi connectivity index (χ0n) is 16.9. The molecule has 2 aliphatic rings. The second-order valence-electron chi connectivity index (χ2n) is 7.76. The molecule has 0 aromatic heterocycles. The van der Waals surface area contributed by atoms with E-state index < -0.39 is 10.0 Å². The van der Waals surface area contributed by atoms with Crippen LogP contribution in [0.1, 0.15) is 30.0 Å². The lowest BCUT2D eigenvalue weighted by atomic mass is 9.99. The van der Waals surface area contributed by atoms with Gasteiger partial charge in [-0.2, -0.15) is 0 Å². The van der Waals surface area contributed by atoms with Crippen molar-refractivity contribution in [3.05, 3.63) is 59.2 Å². The highest BCUT2D eigenvalue weighted by atomic mass is 32.2. The van der Waals surface area contributed by atoms with Gasteiger partial charge in [0.15, 0.2) is 0 Å². The molecule has 2 aromatic rings. The number of nitrogens with zero attached hydrogens (tertiary/aromatic N) is 2. The van der Waals surface area contributed by atoms with Gasteiger partial charge in [0.25, 0.3) is 10.0 Å². The summed E-state index contributed by atoms with van der Waals surface area (Å²) in [6.07, 6.45) is 2.45. The quantitative estimate of drug-likeness (QED) is 0.835. The van der Waals surface area contributed by atoms with Gasteiger partial charge in [-0.3, -0.25) is 9.10 Å². The molecule has 0 saturated carbocycles. The summed E-state index contributed by atoms with van der Waals surface area (Å²) in [4.78, 5) is 14.6. The summed E-state index contributed by atoms with van der Waals surface area (Å²) in [5.41, 5.74) is 3.87. The first-order valence-corrected chi connectivity index (χ1v) is 11.5. The van der Waals surface area contributed by atoms with Gasteiger partial charge in [0, 0.05) is 19.6 Å². The maximum Gasteiger partial charge on any atom is 0.264 e. The fourth-order valence-corrected chi connectivity index (χ4v) is 5.75. The number of carbonyl (C=O) groups excluding carboxylic acids is 1. The second-order valence-corrected chi connectivity index (χ2v) is 9.62. The fourth-order valence-electron chi connectivity index (χ4n) is 4.16. The van der Waals surface area contributed by atoms with Crippen molar-refractivity contribution in [3.63, 3.8) is 0 Å². The van der Waals surface area contributed by atoms with Crippen LogP contribution in [0, 0.1) is 0 Å². The van der Waals surface area contributed by atoms with Crippen LogP contribution in [-0.4, -0.2) is 45.4 Å². The third kappa shape index (κ3) is 3.65. The molecule has 0 aliphatic carbocycles. The molecule has 2 aliphatic heterocycles. The molecule has 0 spiro atoms. The standard InChI is InChI=1S/C22H27N3O3S/c1-16(23-2)22(26)24-13-11-17-9-10-20(14-19(17)15-24)29(27,28)25-12-5-7-18-6-3-4-8-21(18)25/h3-4,6,8-10,14,16,23H,5,7,11-13,15H2,1-2H3/t16-/m0/s1. The van der Waals surface area contributed by atoms with Crippen molar-refractivity contribution in [3.8, 4) is 0 Å². The number of nitrogens with one attached hydrogen (secondary N) is 1. The number of fused-ring (bicyclic) bond motifs is 2. The van der Waals surface area contributed by atoms with Crippen LogP contribution < -0.4 is 9.62 Å². The van der Waals surface area contributed by atoms with E-state index >= 15 is 0 Å². The lowest BCUT2D eigenvalue weighted by molar-refractivity contribution is -0.133. The van der Waals surface area contributed by atoms with E-state index in [0.717, 1.165) is 41.6 Å². The third-order valence-electron chi connectivity index (χ3n) is 5.96. The molecule has 2 aromatic carbocycles. The van der Waals surface area contributed by atoms with Gasteiger partial charge in [-0.25, -0.2) is 8.42 Å². The molecule has 6 nitrogen and oxygen atoms in total. The first kappa shape index (κ1) is 19.9. The maximum absolute atomic E-state index is 13.4. The molecule has 7 heteroatoms. The predicted octanol–water partition coefficient (Wildman–Crippen LogP) is 2.32. The summed E-state index contributed by atoms with van der Waals surface area (Å²) in [6, 6.07) is 12.8. The predicted molar refractivity (Wildman–Crippen MR) is 113 cm³/mol. The number of hydrogen-bond donors (Lipinski definition) is 1. The number of aryl methyl sites for hydroxylation is 1. The van der Waals surface area contributed by atoms with Crippen LogP contribution in [0.4, 0.5) is 5.69 Å². The lowest BCUT2D eigenvalue weighted by Crippen LogP contribution is -2.45. The highest BCUT2D eigenvalue weighted by molar-refractivity contribution is 7.92. The Balaban J connectivity index is 1.65. The van der Waals surface area contributed by atoms with Gasteiger partial charge < -0.3 is 10.2 Å². The molecule has 0 fully saturated rings. The number of carbonyl (C=O) groups is 1. The molecule has 0 radical (unpaired) electrons. The van der Waals surface area contributed by atoms with E-state index in [1.807, 2.05) is 37.3 Å². The average molecular weight is 414 g/mol. The number of rotatable bonds is 4. The molecule has 2 heterocycles. The highest BCUT2D eigenvalue weighted by Crippen LogP contribution is 2.33. The van der Waals surface area contributed by atoms with Crippen LogP contribution >= 0.6 is 0 Å². The van der Waals surface area contributed by atoms with Crippen LogP contribution in [0.25, 0.3) is 0 Å². The summed E-state index contributed by atoms with van der Waals surface area (Å²) >= 11 is 0. The first-order chi connectivity index (χ1) is 13.9. The number of sulfonamides is 1. The Bertz CT molecular complexity index is 1040. The van der Waals surface area contributed by atoms with Crippen LogP contribution in [0.15, 0.2) is 47.4 Å². The van der Waals surface area contributed by atoms with E-state index in [-0.39, 0.29) is 11.9 Å². The van der Waals surface area contributed by atoms with Crippen LogP contribution in [0.3, 0.4) is 0 Å². The number of hydrogen-bond acceptors (Lipinski definition) is 4. The Kier molecular flexibility index (Phi) is 5.36. The van der Waals surface area contributed by atoms with Crippen LogP contribution in [0.5, 0.6) is 0 Å². The van der Waals surface area contributed by atoms with E-state index in [4.69, 9.17) is 0 Å². The Labute approximate surface area is 172 Å². The minimum absolute atomic E-state index is 0.0383. The molecule has 1 N–H and O–H groups in total. The van der Waals surface area contributed by atoms with Gasteiger partial charge in [0.2, 0.25) is 5.91 Å².